The molecule has 4 atom stereocenters. The number of nitrogens with zero attached hydrogens (tertiary/aromatic N) is 4. The van der Waals surface area contributed by atoms with Crippen molar-refractivity contribution < 1.29 is 28.9 Å². The second-order valence-corrected chi connectivity index (χ2v) is 5.79. The Bertz CT molecular complexity index is 904. The maximum absolute atomic E-state index is 12.2. The number of aliphatic hydroxyl groups is 1. The smallest absolute Gasteiger partial charge is 0.330 e. The summed E-state index contributed by atoms with van der Waals surface area (Å²) in [7, 11) is 0. The van der Waals surface area contributed by atoms with Crippen molar-refractivity contribution in [3.8, 4) is 0 Å². The van der Waals surface area contributed by atoms with E-state index in [1.807, 2.05) is 4.98 Å². The summed E-state index contributed by atoms with van der Waals surface area (Å²) in [6, 6.07) is 1.02. The zero-order chi connectivity index (χ0) is 20.9. The highest BCUT2D eigenvalue weighted by Crippen LogP contribution is 2.41. The van der Waals surface area contributed by atoms with Gasteiger partial charge in [0.15, 0.2) is 18.4 Å². The van der Waals surface area contributed by atoms with Crippen molar-refractivity contribution in [2.24, 2.45) is 5.11 Å². The van der Waals surface area contributed by atoms with Crippen molar-refractivity contribution in [3.63, 3.8) is 0 Å². The van der Waals surface area contributed by atoms with E-state index in [2.05, 4.69) is 10.0 Å². The number of aromatic amines is 1. The normalized spacial score (nSPS) is 26.3. The van der Waals surface area contributed by atoms with Gasteiger partial charge in [-0.25, -0.2) is 4.79 Å². The van der Waals surface area contributed by atoms with Crippen molar-refractivity contribution in [3.05, 3.63) is 43.5 Å². The second-order valence-electron chi connectivity index (χ2n) is 5.79. The molecule has 1 aliphatic rings. The summed E-state index contributed by atoms with van der Waals surface area (Å²) in [5.41, 5.74) is 5.15. The van der Waals surface area contributed by atoms with Crippen molar-refractivity contribution >= 4 is 11.9 Å². The van der Waals surface area contributed by atoms with Gasteiger partial charge < -0.3 is 19.3 Å². The topological polar surface area (TPSA) is 186 Å². The Balaban J connectivity index is 2.63. The first-order valence-corrected chi connectivity index (χ1v) is 8.37. The lowest BCUT2D eigenvalue weighted by molar-refractivity contribution is -0.173. The summed E-state index contributed by atoms with van der Waals surface area (Å²) < 4.78 is 17.0. The highest BCUT2D eigenvalue weighted by atomic mass is 16.7. The van der Waals surface area contributed by atoms with Crippen LogP contribution in [0.15, 0.2) is 27.0 Å². The van der Waals surface area contributed by atoms with Crippen LogP contribution in [0.25, 0.3) is 10.4 Å². The molecule has 13 heteroatoms. The van der Waals surface area contributed by atoms with Gasteiger partial charge in [0.1, 0.15) is 0 Å². The molecule has 0 radical (unpaired) electrons. The van der Waals surface area contributed by atoms with Crippen LogP contribution >= 0.6 is 0 Å². The molecule has 0 bridgehead atoms. The molecule has 1 saturated heterocycles. The first-order valence-electron chi connectivity index (χ1n) is 8.37. The van der Waals surface area contributed by atoms with E-state index in [1.165, 1.54) is 13.8 Å². The quantitative estimate of drug-likeness (QED) is 0.272. The molecule has 13 nitrogen and oxygen atoms in total. The maximum atomic E-state index is 12.2. The first kappa shape index (κ1) is 21.2. The number of nitrogens with one attached hydrogen (secondary N) is 1. The summed E-state index contributed by atoms with van der Waals surface area (Å²) in [5.74, 6) is -1.46. The van der Waals surface area contributed by atoms with Crippen LogP contribution in [0.3, 0.4) is 0 Å². The summed E-state index contributed by atoms with van der Waals surface area (Å²) in [5, 5.41) is 13.2. The van der Waals surface area contributed by atoms with Crippen molar-refractivity contribution in [1.29, 1.82) is 0 Å². The molecule has 0 amide bonds. The molecule has 152 valence electrons. The third kappa shape index (κ3) is 4.06. The Morgan fingerprint density at radius 1 is 1.36 bits per heavy atom. The van der Waals surface area contributed by atoms with E-state index >= 15 is 0 Å². The number of rotatable bonds is 7. The lowest BCUT2D eigenvalue weighted by atomic mass is 10.0. The number of H-pyrrole nitrogens is 1. The van der Waals surface area contributed by atoms with Crippen molar-refractivity contribution in [2.75, 3.05) is 6.61 Å². The van der Waals surface area contributed by atoms with Crippen molar-refractivity contribution in [1.82, 2.24) is 9.55 Å². The molecular weight excluding hydrogens is 378 g/mol. The van der Waals surface area contributed by atoms with Gasteiger partial charge in [0.25, 0.3) is 5.56 Å². The molecule has 0 spiro atoms. The molecule has 2 rings (SSSR count). The van der Waals surface area contributed by atoms with Crippen LogP contribution in [0, 0.1) is 0 Å². The number of ether oxygens (including phenoxy) is 3. The van der Waals surface area contributed by atoms with Gasteiger partial charge in [-0.1, -0.05) is 19.0 Å². The second kappa shape index (κ2) is 8.69. The minimum atomic E-state index is -2.15. The van der Waals surface area contributed by atoms with E-state index < -0.39 is 54.0 Å². The number of hydrogen-bond acceptors (Lipinski definition) is 9. The van der Waals surface area contributed by atoms with Crippen LogP contribution in [-0.2, 0) is 23.8 Å². The fourth-order valence-corrected chi connectivity index (χ4v) is 2.65. The molecule has 1 aromatic heterocycles. The van der Waals surface area contributed by atoms with Crippen LogP contribution in [-0.4, -0.2) is 51.1 Å². The highest BCUT2D eigenvalue weighted by Gasteiger charge is 2.60. The number of azide groups is 1. The van der Waals surface area contributed by atoms with E-state index in [9.17, 15) is 24.3 Å². The van der Waals surface area contributed by atoms with E-state index in [0.717, 1.165) is 16.8 Å². The molecule has 0 saturated carbocycles. The van der Waals surface area contributed by atoms with Gasteiger partial charge in [-0.3, -0.25) is 23.9 Å². The Morgan fingerprint density at radius 3 is 2.54 bits per heavy atom. The van der Waals surface area contributed by atoms with Gasteiger partial charge in [0.05, 0.1) is 6.61 Å². The van der Waals surface area contributed by atoms with Gasteiger partial charge in [-0.05, 0) is 5.53 Å². The van der Waals surface area contributed by atoms with Gasteiger partial charge in [0, 0.05) is 30.0 Å². The lowest BCUT2D eigenvalue weighted by Crippen LogP contribution is -2.48. The molecule has 0 aromatic carbocycles. The molecule has 0 aliphatic carbocycles. The standard InChI is InChI=1S/C15H19N5O8/c1-3-9(23)26-11-12(27-10(24)4-2)15(7-21,18-19-16)28-13(11)20-6-5-8(22)17-14(20)25/h5-6,11-13,21H,3-4,7H2,1-2H3,(H,17,22,25)/t11-,12+,13-,15-/m1/s1. The predicted octanol–water partition coefficient (Wildman–Crippen LogP) is -0.292. The Labute approximate surface area is 157 Å². The summed E-state index contributed by atoms with van der Waals surface area (Å²) in [6.07, 6.45) is -3.48. The zero-order valence-corrected chi connectivity index (χ0v) is 15.1. The van der Waals surface area contributed by atoms with E-state index in [4.69, 9.17) is 19.7 Å². The molecule has 2 N–H and O–H groups in total. The lowest BCUT2D eigenvalue weighted by Gasteiger charge is -2.28. The summed E-state index contributed by atoms with van der Waals surface area (Å²) in [6.45, 7) is 2.08. The summed E-state index contributed by atoms with van der Waals surface area (Å²) >= 11 is 0. The fourth-order valence-electron chi connectivity index (χ4n) is 2.65. The molecule has 2 heterocycles. The molecular formula is C15H19N5O8. The van der Waals surface area contributed by atoms with Gasteiger partial charge in [-0.15, -0.1) is 0 Å². The molecule has 1 aromatic rings. The van der Waals surface area contributed by atoms with Gasteiger partial charge in [0.2, 0.25) is 5.72 Å². The predicted molar refractivity (Wildman–Crippen MR) is 90.7 cm³/mol. The van der Waals surface area contributed by atoms with Crippen LogP contribution < -0.4 is 11.2 Å². The average Bonchev–Trinajstić information content (AvgIpc) is 2.95. The number of hydrogen-bond donors (Lipinski definition) is 2. The maximum Gasteiger partial charge on any atom is 0.330 e. The van der Waals surface area contributed by atoms with Gasteiger partial charge in [-0.2, -0.15) is 0 Å². The van der Waals surface area contributed by atoms with Crippen LogP contribution in [0.4, 0.5) is 0 Å². The number of carbonyl (C=O) groups is 2. The minimum Gasteiger partial charge on any atom is -0.455 e. The van der Waals surface area contributed by atoms with E-state index in [-0.39, 0.29) is 12.8 Å². The third-order valence-electron chi connectivity index (χ3n) is 4.02. The Kier molecular flexibility index (Phi) is 6.57. The summed E-state index contributed by atoms with van der Waals surface area (Å²) in [4.78, 5) is 51.9. The number of aliphatic hydroxyl groups excluding tert-OH is 1. The van der Waals surface area contributed by atoms with E-state index in [1.54, 1.807) is 0 Å². The number of carbonyl (C=O) groups excluding carboxylic acids is 2. The van der Waals surface area contributed by atoms with Crippen LogP contribution in [0.5, 0.6) is 0 Å². The van der Waals surface area contributed by atoms with Crippen LogP contribution in [0.1, 0.15) is 32.9 Å². The minimum absolute atomic E-state index is 0.0498. The average molecular weight is 397 g/mol. The van der Waals surface area contributed by atoms with Crippen LogP contribution in [0.2, 0.25) is 0 Å². The molecule has 28 heavy (non-hydrogen) atoms. The Morgan fingerprint density at radius 2 is 2.00 bits per heavy atom. The number of aromatic nitrogens is 2. The highest BCUT2D eigenvalue weighted by molar-refractivity contribution is 5.70. The molecule has 0 unspecified atom stereocenters. The SMILES string of the molecule is CCC(=O)O[C@H]1[C@H](n2ccc(=O)[nH]c2=O)O[C@@](CO)(N=[N+]=[N-])[C@H]1OC(=O)CC. The largest absolute Gasteiger partial charge is 0.455 e. The number of esters is 2. The van der Waals surface area contributed by atoms with Gasteiger partial charge >= 0.3 is 17.6 Å². The third-order valence-corrected chi connectivity index (χ3v) is 4.02. The Hall–Kier alpha value is -3.15. The molecule has 1 aliphatic heterocycles. The molecule has 1 fully saturated rings. The first-order chi connectivity index (χ1) is 13.3. The van der Waals surface area contributed by atoms with E-state index in [0.29, 0.717) is 0 Å². The zero-order valence-electron chi connectivity index (χ0n) is 15.1. The monoisotopic (exact) mass is 397 g/mol. The fraction of sp³-hybridized carbons (Fsp3) is 0.600. The van der Waals surface area contributed by atoms with Crippen molar-refractivity contribution in [2.45, 2.75) is 50.8 Å².